The number of rotatable bonds is 7. The molecule has 1 aliphatic rings. The lowest BCUT2D eigenvalue weighted by Crippen LogP contribution is -2.52. The van der Waals surface area contributed by atoms with Crippen LogP contribution in [0.4, 0.5) is 0 Å². The Labute approximate surface area is 127 Å². The number of hydrogen-bond donors (Lipinski definition) is 1. The van der Waals surface area contributed by atoms with E-state index in [1.54, 1.807) is 0 Å². The zero-order chi connectivity index (χ0) is 15.7. The zero-order valence-corrected chi connectivity index (χ0v) is 15.7. The van der Waals surface area contributed by atoms with Gasteiger partial charge in [0.2, 0.25) is 0 Å². The molecule has 1 saturated carbocycles. The van der Waals surface area contributed by atoms with E-state index in [1.165, 1.54) is 19.3 Å². The van der Waals surface area contributed by atoms with Gasteiger partial charge >= 0.3 is 0 Å². The average molecular weight is 303 g/mol. The van der Waals surface area contributed by atoms with Crippen LogP contribution in [0.5, 0.6) is 0 Å². The summed E-state index contributed by atoms with van der Waals surface area (Å²) in [6.45, 7) is 17.8. The molecule has 20 heavy (non-hydrogen) atoms. The molecule has 0 aromatic carbocycles. The lowest BCUT2D eigenvalue weighted by Gasteiger charge is -2.50. The van der Waals surface area contributed by atoms with Gasteiger partial charge in [-0.15, -0.1) is 9.34 Å². The van der Waals surface area contributed by atoms with Crippen molar-refractivity contribution in [2.24, 2.45) is 0 Å². The van der Waals surface area contributed by atoms with Gasteiger partial charge < -0.3 is 0 Å². The normalized spacial score (nSPS) is 18.1. The van der Waals surface area contributed by atoms with Crippen LogP contribution in [0.1, 0.15) is 74.7 Å². The third-order valence-electron chi connectivity index (χ3n) is 4.36. The summed E-state index contributed by atoms with van der Waals surface area (Å²) >= 11 is 0. The molecule has 0 aliphatic heterocycles. The fourth-order valence-electron chi connectivity index (χ4n) is 3.78. The van der Waals surface area contributed by atoms with E-state index >= 15 is 0 Å². The fraction of sp³-hybridized carbons (Fsp3) is 1.00. The zero-order valence-electron chi connectivity index (χ0n) is 14.8. The minimum Gasteiger partial charge on any atom is -0.213 e. The van der Waals surface area contributed by atoms with Gasteiger partial charge in [-0.2, -0.15) is 0 Å². The Morgan fingerprint density at radius 1 is 0.750 bits per heavy atom. The van der Waals surface area contributed by atoms with Crippen LogP contribution in [0.2, 0.25) is 0 Å². The van der Waals surface area contributed by atoms with Crippen molar-refractivity contribution in [3.05, 3.63) is 0 Å². The van der Waals surface area contributed by atoms with Gasteiger partial charge in [0.25, 0.3) is 7.79 Å². The Balaban J connectivity index is 3.25. The van der Waals surface area contributed by atoms with Crippen molar-refractivity contribution in [2.75, 3.05) is 0 Å². The standard InChI is InChI=1S/C16H36N2OP/c1-12(2)17(13(3)4)20(19,16-10-9-11-16)18(14(5)6)15(7)8/h12-16,19H,9-11H2,1-8H3/q+1. The summed E-state index contributed by atoms with van der Waals surface area (Å²) in [5.74, 6) is 0. The first-order valence-electron chi connectivity index (χ1n) is 8.33. The minimum absolute atomic E-state index is 0.383. The van der Waals surface area contributed by atoms with E-state index in [9.17, 15) is 4.89 Å². The Hall–Kier alpha value is 0.310. The van der Waals surface area contributed by atoms with Gasteiger partial charge in [0, 0.05) is 24.2 Å². The SMILES string of the molecule is CC(C)N(C(C)C)[P+](O)(C1CCC1)N(C(C)C)C(C)C. The Morgan fingerprint density at radius 2 is 1.05 bits per heavy atom. The summed E-state index contributed by atoms with van der Waals surface area (Å²) < 4.78 is 4.85. The topological polar surface area (TPSA) is 26.7 Å². The molecule has 1 aliphatic carbocycles. The van der Waals surface area contributed by atoms with Crippen molar-refractivity contribution in [3.8, 4) is 0 Å². The molecule has 0 spiro atoms. The van der Waals surface area contributed by atoms with E-state index in [0.717, 1.165) is 0 Å². The van der Waals surface area contributed by atoms with E-state index in [2.05, 4.69) is 64.7 Å². The Morgan fingerprint density at radius 3 is 1.20 bits per heavy atom. The highest BCUT2D eigenvalue weighted by Gasteiger charge is 2.61. The van der Waals surface area contributed by atoms with Crippen LogP contribution >= 0.6 is 7.79 Å². The first-order chi connectivity index (χ1) is 9.13. The van der Waals surface area contributed by atoms with E-state index in [1.807, 2.05) is 0 Å². The second kappa shape index (κ2) is 7.05. The molecule has 0 unspecified atom stereocenters. The molecule has 0 atom stereocenters. The Kier molecular flexibility index (Phi) is 6.47. The minimum atomic E-state index is -2.25. The van der Waals surface area contributed by atoms with E-state index in [4.69, 9.17) is 0 Å². The van der Waals surface area contributed by atoms with Gasteiger partial charge in [-0.1, -0.05) is 0 Å². The van der Waals surface area contributed by atoms with Gasteiger partial charge in [-0.05, 0) is 74.7 Å². The number of hydrogen-bond acceptors (Lipinski definition) is 3. The summed E-state index contributed by atoms with van der Waals surface area (Å²) in [5, 5.41) is 0. The van der Waals surface area contributed by atoms with Crippen LogP contribution in [0.3, 0.4) is 0 Å². The van der Waals surface area contributed by atoms with Crippen molar-refractivity contribution >= 4 is 7.79 Å². The smallest absolute Gasteiger partial charge is 0.213 e. The average Bonchev–Trinajstić information content (AvgIpc) is 2.09. The third kappa shape index (κ3) is 3.38. The first kappa shape index (κ1) is 18.4. The van der Waals surface area contributed by atoms with Crippen LogP contribution in [-0.2, 0) is 0 Å². The molecule has 0 radical (unpaired) electrons. The molecule has 1 fully saturated rings. The summed E-state index contributed by atoms with van der Waals surface area (Å²) in [4.78, 5) is 11.9. The van der Waals surface area contributed by atoms with Gasteiger partial charge in [0.1, 0.15) is 5.66 Å². The lowest BCUT2D eigenvalue weighted by molar-refractivity contribution is 0.188. The summed E-state index contributed by atoms with van der Waals surface area (Å²) in [6, 6.07) is 1.53. The maximum atomic E-state index is 11.9. The predicted octanol–water partition coefficient (Wildman–Crippen LogP) is 4.53. The second-order valence-corrected chi connectivity index (χ2v) is 10.2. The molecule has 120 valence electrons. The molecule has 0 saturated heterocycles. The van der Waals surface area contributed by atoms with Crippen LogP contribution in [0.25, 0.3) is 0 Å². The Bertz CT molecular complexity index is 265. The highest BCUT2D eigenvalue weighted by atomic mass is 31.2. The van der Waals surface area contributed by atoms with Crippen molar-refractivity contribution < 1.29 is 4.89 Å². The van der Waals surface area contributed by atoms with Gasteiger partial charge in [-0.25, -0.2) is 4.89 Å². The van der Waals surface area contributed by atoms with Gasteiger partial charge in [0.05, 0.1) is 0 Å². The van der Waals surface area contributed by atoms with Crippen LogP contribution < -0.4 is 0 Å². The van der Waals surface area contributed by atoms with Crippen LogP contribution in [-0.4, -0.2) is 44.1 Å². The third-order valence-corrected chi connectivity index (χ3v) is 9.06. The molecule has 0 heterocycles. The summed E-state index contributed by atoms with van der Waals surface area (Å²) in [5.41, 5.74) is 0.483. The molecule has 0 amide bonds. The van der Waals surface area contributed by atoms with Crippen molar-refractivity contribution in [1.29, 1.82) is 0 Å². The lowest BCUT2D eigenvalue weighted by atomic mass is 10.00. The van der Waals surface area contributed by atoms with Gasteiger partial charge in [0.15, 0.2) is 0 Å². The second-order valence-electron chi connectivity index (χ2n) is 7.33. The molecule has 4 heteroatoms. The van der Waals surface area contributed by atoms with Crippen molar-refractivity contribution in [1.82, 2.24) is 9.34 Å². The van der Waals surface area contributed by atoms with Gasteiger partial charge in [-0.3, -0.25) is 0 Å². The highest BCUT2D eigenvalue weighted by molar-refractivity contribution is 7.66. The molecular weight excluding hydrogens is 267 g/mol. The van der Waals surface area contributed by atoms with Crippen molar-refractivity contribution in [2.45, 2.75) is 104 Å². The first-order valence-corrected chi connectivity index (χ1v) is 10.0. The maximum absolute atomic E-state index is 11.9. The summed E-state index contributed by atoms with van der Waals surface area (Å²) in [7, 11) is -2.25. The van der Waals surface area contributed by atoms with Crippen molar-refractivity contribution in [3.63, 3.8) is 0 Å². The molecule has 3 nitrogen and oxygen atoms in total. The predicted molar refractivity (Wildman–Crippen MR) is 91.0 cm³/mol. The molecule has 0 bridgehead atoms. The van der Waals surface area contributed by atoms with Crippen LogP contribution in [0.15, 0.2) is 0 Å². The molecule has 0 aromatic heterocycles. The largest absolute Gasteiger partial charge is 0.289 e. The number of nitrogens with zero attached hydrogens (tertiary/aromatic N) is 2. The highest BCUT2D eigenvalue weighted by Crippen LogP contribution is 2.72. The molecule has 0 aromatic rings. The molecule has 1 N–H and O–H groups in total. The van der Waals surface area contributed by atoms with E-state index in [-0.39, 0.29) is 0 Å². The van der Waals surface area contributed by atoms with E-state index < -0.39 is 7.79 Å². The van der Waals surface area contributed by atoms with Crippen LogP contribution in [0, 0.1) is 0 Å². The fourth-order valence-corrected chi connectivity index (χ4v) is 8.55. The maximum Gasteiger partial charge on any atom is 0.289 e. The quantitative estimate of drug-likeness (QED) is 0.700. The monoisotopic (exact) mass is 303 g/mol. The van der Waals surface area contributed by atoms with E-state index in [0.29, 0.717) is 29.8 Å². The molecule has 1 rings (SSSR count). The molecular formula is C16H36N2OP+. The summed E-state index contributed by atoms with van der Waals surface area (Å²) in [6.07, 6.45) is 3.66.